The van der Waals surface area contributed by atoms with Gasteiger partial charge in [-0.25, -0.2) is 4.98 Å². The zero-order chi connectivity index (χ0) is 13.0. The summed E-state index contributed by atoms with van der Waals surface area (Å²) in [6.07, 6.45) is 2.64. The number of rotatable bonds is 4. The van der Waals surface area contributed by atoms with Crippen molar-refractivity contribution in [3.05, 3.63) is 52.1 Å². The van der Waals surface area contributed by atoms with Gasteiger partial charge in [-0.2, -0.15) is 0 Å². The third-order valence-corrected chi connectivity index (χ3v) is 3.19. The largest absolute Gasteiger partial charge is 0.397 e. The number of nitrogens with zero attached hydrogens (tertiary/aromatic N) is 1. The molecule has 0 amide bonds. The van der Waals surface area contributed by atoms with Gasteiger partial charge < -0.3 is 11.1 Å². The molecule has 0 atom stereocenters. The Labute approximate surface area is 116 Å². The van der Waals surface area contributed by atoms with E-state index in [2.05, 4.69) is 38.4 Å². The number of nitrogen functional groups attached to an aromatic ring is 1. The van der Waals surface area contributed by atoms with Crippen LogP contribution in [0.15, 0.2) is 41.0 Å². The number of nitrogens with one attached hydrogen (secondary N) is 1. The first-order valence-electron chi connectivity index (χ1n) is 5.85. The molecule has 1 aromatic carbocycles. The Bertz CT molecular complexity index is 540. The van der Waals surface area contributed by atoms with Crippen molar-refractivity contribution in [1.82, 2.24) is 4.98 Å². The molecule has 3 nitrogen and oxygen atoms in total. The molecule has 2 rings (SSSR count). The average molecular weight is 306 g/mol. The number of benzene rings is 1. The van der Waals surface area contributed by atoms with Gasteiger partial charge in [-0.3, -0.25) is 0 Å². The highest BCUT2D eigenvalue weighted by atomic mass is 79.9. The zero-order valence-corrected chi connectivity index (χ0v) is 11.9. The molecule has 94 valence electrons. The van der Waals surface area contributed by atoms with Gasteiger partial charge in [0.25, 0.3) is 0 Å². The van der Waals surface area contributed by atoms with Crippen LogP contribution in [0.4, 0.5) is 11.5 Å². The lowest BCUT2D eigenvalue weighted by atomic mass is 10.1. The highest BCUT2D eigenvalue weighted by molar-refractivity contribution is 9.10. The maximum atomic E-state index is 5.67. The van der Waals surface area contributed by atoms with Crippen LogP contribution < -0.4 is 11.1 Å². The second-order valence-electron chi connectivity index (χ2n) is 4.24. The van der Waals surface area contributed by atoms with Crippen LogP contribution in [0.1, 0.15) is 11.1 Å². The first-order valence-corrected chi connectivity index (χ1v) is 6.65. The van der Waals surface area contributed by atoms with E-state index in [0.29, 0.717) is 5.69 Å². The molecule has 0 fully saturated rings. The Morgan fingerprint density at radius 2 is 2.17 bits per heavy atom. The van der Waals surface area contributed by atoms with Gasteiger partial charge in [-0.05, 0) is 42.7 Å². The Morgan fingerprint density at radius 1 is 1.33 bits per heavy atom. The predicted molar refractivity (Wildman–Crippen MR) is 79.7 cm³/mol. The molecule has 0 saturated carbocycles. The molecule has 0 aliphatic carbocycles. The summed E-state index contributed by atoms with van der Waals surface area (Å²) < 4.78 is 1.11. The van der Waals surface area contributed by atoms with Crippen LogP contribution in [0.2, 0.25) is 0 Å². The van der Waals surface area contributed by atoms with Crippen LogP contribution in [0.5, 0.6) is 0 Å². The van der Waals surface area contributed by atoms with E-state index < -0.39 is 0 Å². The normalized spacial score (nSPS) is 10.3. The number of aromatic nitrogens is 1. The summed E-state index contributed by atoms with van der Waals surface area (Å²) in [4.78, 5) is 4.28. The van der Waals surface area contributed by atoms with Gasteiger partial charge in [0.15, 0.2) is 0 Å². The molecule has 3 N–H and O–H groups in total. The molecule has 2 aromatic rings. The van der Waals surface area contributed by atoms with Crippen molar-refractivity contribution in [2.45, 2.75) is 13.3 Å². The van der Waals surface area contributed by atoms with Gasteiger partial charge in [-0.15, -0.1) is 0 Å². The molecular formula is C14H16BrN3. The maximum Gasteiger partial charge on any atom is 0.129 e. The molecule has 1 heterocycles. The fourth-order valence-corrected chi connectivity index (χ4v) is 2.25. The standard InChI is InChI=1S/C14H16BrN3/c1-10-7-13(16)9-18-14(10)17-6-5-11-3-2-4-12(15)8-11/h2-4,7-9H,5-6,16H2,1H3,(H,17,18). The highest BCUT2D eigenvalue weighted by Crippen LogP contribution is 2.15. The molecule has 0 unspecified atom stereocenters. The van der Waals surface area contributed by atoms with Crippen molar-refractivity contribution in [2.75, 3.05) is 17.6 Å². The van der Waals surface area contributed by atoms with E-state index in [-0.39, 0.29) is 0 Å². The summed E-state index contributed by atoms with van der Waals surface area (Å²) in [6.45, 7) is 2.86. The fourth-order valence-electron chi connectivity index (χ4n) is 1.80. The van der Waals surface area contributed by atoms with Crippen LogP contribution in [-0.2, 0) is 6.42 Å². The fraction of sp³-hybridized carbons (Fsp3) is 0.214. The van der Waals surface area contributed by atoms with Crippen molar-refractivity contribution in [2.24, 2.45) is 0 Å². The van der Waals surface area contributed by atoms with E-state index in [4.69, 9.17) is 5.73 Å². The minimum absolute atomic E-state index is 0.699. The topological polar surface area (TPSA) is 50.9 Å². The van der Waals surface area contributed by atoms with E-state index >= 15 is 0 Å². The van der Waals surface area contributed by atoms with Gasteiger partial charge in [0, 0.05) is 11.0 Å². The van der Waals surface area contributed by atoms with Crippen molar-refractivity contribution >= 4 is 27.4 Å². The number of hydrogen-bond acceptors (Lipinski definition) is 3. The number of aryl methyl sites for hydroxylation is 1. The summed E-state index contributed by atoms with van der Waals surface area (Å²) in [6, 6.07) is 10.3. The number of pyridine rings is 1. The van der Waals surface area contributed by atoms with Crippen LogP contribution in [-0.4, -0.2) is 11.5 Å². The van der Waals surface area contributed by atoms with E-state index in [1.54, 1.807) is 6.20 Å². The third kappa shape index (κ3) is 3.47. The SMILES string of the molecule is Cc1cc(N)cnc1NCCc1cccc(Br)c1. The van der Waals surface area contributed by atoms with E-state index in [1.165, 1.54) is 5.56 Å². The highest BCUT2D eigenvalue weighted by Gasteiger charge is 2.00. The molecule has 0 spiro atoms. The van der Waals surface area contributed by atoms with Gasteiger partial charge in [0.2, 0.25) is 0 Å². The number of anilines is 2. The molecular weight excluding hydrogens is 290 g/mol. The van der Waals surface area contributed by atoms with Crippen LogP contribution in [0.3, 0.4) is 0 Å². The molecule has 0 radical (unpaired) electrons. The Kier molecular flexibility index (Phi) is 4.20. The second kappa shape index (κ2) is 5.87. The molecule has 4 heteroatoms. The lowest BCUT2D eigenvalue weighted by molar-refractivity contribution is 1.00. The number of hydrogen-bond donors (Lipinski definition) is 2. The van der Waals surface area contributed by atoms with Crippen molar-refractivity contribution in [1.29, 1.82) is 0 Å². The molecule has 0 bridgehead atoms. The summed E-state index contributed by atoms with van der Waals surface area (Å²) in [7, 11) is 0. The average Bonchev–Trinajstić information content (AvgIpc) is 2.32. The first kappa shape index (κ1) is 12.9. The molecule has 1 aromatic heterocycles. The van der Waals surface area contributed by atoms with Crippen LogP contribution in [0, 0.1) is 6.92 Å². The molecule has 0 saturated heterocycles. The summed E-state index contributed by atoms with van der Waals surface area (Å²) >= 11 is 3.47. The van der Waals surface area contributed by atoms with Gasteiger partial charge in [-0.1, -0.05) is 28.1 Å². The minimum Gasteiger partial charge on any atom is -0.397 e. The predicted octanol–water partition coefficient (Wildman–Crippen LogP) is 3.39. The number of halogens is 1. The van der Waals surface area contributed by atoms with Gasteiger partial charge in [0.05, 0.1) is 11.9 Å². The lowest BCUT2D eigenvalue weighted by Crippen LogP contribution is -2.08. The Morgan fingerprint density at radius 3 is 2.89 bits per heavy atom. The molecule has 0 aliphatic rings. The molecule has 18 heavy (non-hydrogen) atoms. The van der Waals surface area contributed by atoms with Crippen molar-refractivity contribution in [3.8, 4) is 0 Å². The van der Waals surface area contributed by atoms with E-state index in [9.17, 15) is 0 Å². The van der Waals surface area contributed by atoms with E-state index in [0.717, 1.165) is 28.8 Å². The van der Waals surface area contributed by atoms with Crippen LogP contribution in [0.25, 0.3) is 0 Å². The maximum absolute atomic E-state index is 5.67. The van der Waals surface area contributed by atoms with E-state index in [1.807, 2.05) is 25.1 Å². The first-order chi connectivity index (χ1) is 8.65. The van der Waals surface area contributed by atoms with Crippen LogP contribution >= 0.6 is 15.9 Å². The smallest absolute Gasteiger partial charge is 0.129 e. The Balaban J connectivity index is 1.92. The summed E-state index contributed by atoms with van der Waals surface area (Å²) in [5, 5.41) is 3.33. The van der Waals surface area contributed by atoms with Crippen molar-refractivity contribution in [3.63, 3.8) is 0 Å². The minimum atomic E-state index is 0.699. The summed E-state index contributed by atoms with van der Waals surface area (Å²) in [5.74, 6) is 0.902. The third-order valence-electron chi connectivity index (χ3n) is 2.69. The van der Waals surface area contributed by atoms with Gasteiger partial charge in [0.1, 0.15) is 5.82 Å². The van der Waals surface area contributed by atoms with Gasteiger partial charge >= 0.3 is 0 Å². The lowest BCUT2D eigenvalue weighted by Gasteiger charge is -2.09. The second-order valence-corrected chi connectivity index (χ2v) is 5.16. The van der Waals surface area contributed by atoms with Crippen molar-refractivity contribution < 1.29 is 0 Å². The molecule has 0 aliphatic heterocycles. The Hall–Kier alpha value is -1.55. The zero-order valence-electron chi connectivity index (χ0n) is 10.3. The quantitative estimate of drug-likeness (QED) is 0.910. The number of nitrogens with two attached hydrogens (primary N) is 1. The monoisotopic (exact) mass is 305 g/mol. The summed E-state index contributed by atoms with van der Waals surface area (Å²) in [5.41, 5.74) is 8.74.